The van der Waals surface area contributed by atoms with E-state index >= 15 is 0 Å². The fourth-order valence-corrected chi connectivity index (χ4v) is 3.32. The van der Waals surface area contributed by atoms with Crippen LogP contribution in [-0.4, -0.2) is 60.6 Å². The number of anilines is 1. The summed E-state index contributed by atoms with van der Waals surface area (Å²) in [6.45, 7) is 3.51. The number of fused-ring (bicyclic) bond motifs is 1. The second kappa shape index (κ2) is 7.29. The van der Waals surface area contributed by atoms with Gasteiger partial charge in [-0.1, -0.05) is 18.2 Å². The number of piperazine rings is 1. The fourth-order valence-electron chi connectivity index (χ4n) is 3.32. The smallest absolute Gasteiger partial charge is 0.321 e. The van der Waals surface area contributed by atoms with E-state index in [0.29, 0.717) is 0 Å². The third-order valence-corrected chi connectivity index (χ3v) is 4.87. The number of nitrogens with zero attached hydrogens (tertiary/aromatic N) is 3. The van der Waals surface area contributed by atoms with E-state index in [9.17, 15) is 9.59 Å². The molecule has 7 heteroatoms. The van der Waals surface area contributed by atoms with E-state index < -0.39 is 0 Å². The van der Waals surface area contributed by atoms with Gasteiger partial charge in [-0.3, -0.25) is 20.0 Å². The van der Waals surface area contributed by atoms with Crippen molar-refractivity contribution < 1.29 is 9.59 Å². The van der Waals surface area contributed by atoms with Gasteiger partial charge in [0.05, 0.1) is 12.1 Å². The summed E-state index contributed by atoms with van der Waals surface area (Å²) in [7, 11) is 0. The maximum atomic E-state index is 12.0. The molecule has 0 atom stereocenters. The number of rotatable bonds is 4. The Kier molecular flexibility index (Phi) is 4.71. The van der Waals surface area contributed by atoms with E-state index in [4.69, 9.17) is 0 Å². The number of nitrogens with one attached hydrogen (secondary N) is 2. The molecule has 2 aromatic rings. The number of amides is 3. The Bertz CT molecular complexity index is 807. The van der Waals surface area contributed by atoms with E-state index in [1.165, 1.54) is 5.69 Å². The van der Waals surface area contributed by atoms with Gasteiger partial charge in [0.25, 0.3) is 0 Å². The Morgan fingerprint density at radius 2 is 1.85 bits per heavy atom. The van der Waals surface area contributed by atoms with Crippen molar-refractivity contribution in [1.82, 2.24) is 20.5 Å². The highest BCUT2D eigenvalue weighted by Gasteiger charge is 2.25. The zero-order chi connectivity index (χ0) is 17.9. The molecule has 1 aromatic heterocycles. The van der Waals surface area contributed by atoms with E-state index in [-0.39, 0.29) is 24.5 Å². The summed E-state index contributed by atoms with van der Waals surface area (Å²) < 4.78 is 0. The molecule has 1 aromatic carbocycles. The molecule has 2 heterocycles. The van der Waals surface area contributed by atoms with Crippen LogP contribution in [0.2, 0.25) is 0 Å². The minimum absolute atomic E-state index is 0.244. The molecule has 0 unspecified atom stereocenters. The van der Waals surface area contributed by atoms with Gasteiger partial charge < -0.3 is 10.2 Å². The van der Waals surface area contributed by atoms with Crippen LogP contribution >= 0.6 is 0 Å². The average molecular weight is 353 g/mol. The first kappa shape index (κ1) is 16.8. The SMILES string of the molecule is O=C(CN1CCN(c2ccnc3ccccc23)CC1)NC(=O)NC1CC1. The zero-order valence-electron chi connectivity index (χ0n) is 14.6. The standard InChI is InChI=1S/C19H23N5O2/c25-18(22-19(26)21-14-5-6-14)13-23-9-11-24(12-10-23)17-7-8-20-16-4-2-1-3-15(16)17/h1-4,7-8,14H,5-6,9-13H2,(H2,21,22,25,26). The number of hydrogen-bond acceptors (Lipinski definition) is 5. The molecular weight excluding hydrogens is 330 g/mol. The quantitative estimate of drug-likeness (QED) is 0.867. The van der Waals surface area contributed by atoms with Crippen molar-refractivity contribution in [2.24, 2.45) is 0 Å². The highest BCUT2D eigenvalue weighted by molar-refractivity contribution is 5.95. The molecule has 3 amide bonds. The molecular formula is C19H23N5O2. The molecule has 1 saturated heterocycles. The van der Waals surface area contributed by atoms with Crippen LogP contribution in [0.3, 0.4) is 0 Å². The van der Waals surface area contributed by atoms with Crippen molar-refractivity contribution in [2.75, 3.05) is 37.6 Å². The molecule has 7 nitrogen and oxygen atoms in total. The summed E-state index contributed by atoms with van der Waals surface area (Å²) in [5, 5.41) is 6.33. The van der Waals surface area contributed by atoms with Crippen LogP contribution in [0.1, 0.15) is 12.8 Å². The molecule has 1 aliphatic carbocycles. The number of aromatic nitrogens is 1. The number of pyridine rings is 1. The van der Waals surface area contributed by atoms with Gasteiger partial charge in [0.2, 0.25) is 5.91 Å². The van der Waals surface area contributed by atoms with E-state index in [0.717, 1.165) is 49.9 Å². The maximum Gasteiger partial charge on any atom is 0.321 e. The molecule has 4 rings (SSSR count). The maximum absolute atomic E-state index is 12.0. The van der Waals surface area contributed by atoms with Gasteiger partial charge in [-0.2, -0.15) is 0 Å². The van der Waals surface area contributed by atoms with Gasteiger partial charge in [0, 0.05) is 49.5 Å². The lowest BCUT2D eigenvalue weighted by atomic mass is 10.1. The summed E-state index contributed by atoms with van der Waals surface area (Å²) in [6.07, 6.45) is 3.86. The van der Waals surface area contributed by atoms with Crippen LogP contribution in [-0.2, 0) is 4.79 Å². The second-order valence-corrected chi connectivity index (χ2v) is 6.91. The number of para-hydroxylation sites is 1. The van der Waals surface area contributed by atoms with E-state index in [1.54, 1.807) is 0 Å². The third-order valence-electron chi connectivity index (χ3n) is 4.87. The fraction of sp³-hybridized carbons (Fsp3) is 0.421. The molecule has 1 aliphatic heterocycles. The lowest BCUT2D eigenvalue weighted by Crippen LogP contribution is -2.51. The molecule has 136 valence electrons. The van der Waals surface area contributed by atoms with Gasteiger partial charge >= 0.3 is 6.03 Å². The molecule has 2 aliphatic rings. The van der Waals surface area contributed by atoms with Crippen LogP contribution in [0.25, 0.3) is 10.9 Å². The zero-order valence-corrected chi connectivity index (χ0v) is 14.6. The van der Waals surface area contributed by atoms with Crippen LogP contribution < -0.4 is 15.5 Å². The minimum atomic E-state index is -0.376. The lowest BCUT2D eigenvalue weighted by molar-refractivity contribution is -0.121. The van der Waals surface area contributed by atoms with Crippen LogP contribution in [0.15, 0.2) is 36.5 Å². The van der Waals surface area contributed by atoms with Crippen molar-refractivity contribution in [3.63, 3.8) is 0 Å². The molecule has 1 saturated carbocycles. The predicted molar refractivity (Wildman–Crippen MR) is 100 cm³/mol. The Hall–Kier alpha value is -2.67. The van der Waals surface area contributed by atoms with Crippen LogP contribution in [0, 0.1) is 0 Å². The molecule has 2 N–H and O–H groups in total. The number of imide groups is 1. The van der Waals surface area contributed by atoms with Crippen molar-refractivity contribution in [3.05, 3.63) is 36.5 Å². The largest absolute Gasteiger partial charge is 0.368 e. The van der Waals surface area contributed by atoms with Gasteiger partial charge in [-0.15, -0.1) is 0 Å². The summed E-state index contributed by atoms with van der Waals surface area (Å²) in [5.74, 6) is -0.244. The summed E-state index contributed by atoms with van der Waals surface area (Å²) in [4.78, 5) is 32.5. The van der Waals surface area contributed by atoms with Gasteiger partial charge in [-0.25, -0.2) is 4.79 Å². The van der Waals surface area contributed by atoms with E-state index in [1.807, 2.05) is 30.5 Å². The third kappa shape index (κ3) is 3.94. The van der Waals surface area contributed by atoms with Crippen LogP contribution in [0.5, 0.6) is 0 Å². The number of hydrogen-bond donors (Lipinski definition) is 2. The lowest BCUT2D eigenvalue weighted by Gasteiger charge is -2.36. The first-order chi connectivity index (χ1) is 12.7. The first-order valence-electron chi connectivity index (χ1n) is 9.10. The highest BCUT2D eigenvalue weighted by atomic mass is 16.2. The van der Waals surface area contributed by atoms with Crippen molar-refractivity contribution in [3.8, 4) is 0 Å². The monoisotopic (exact) mass is 353 g/mol. The number of carbonyl (C=O) groups is 2. The minimum Gasteiger partial charge on any atom is -0.368 e. The Labute approximate surface area is 152 Å². The average Bonchev–Trinajstić information content (AvgIpc) is 3.45. The molecule has 0 radical (unpaired) electrons. The Balaban J connectivity index is 1.31. The van der Waals surface area contributed by atoms with Crippen molar-refractivity contribution in [2.45, 2.75) is 18.9 Å². The first-order valence-corrected chi connectivity index (χ1v) is 9.10. The van der Waals surface area contributed by atoms with Crippen molar-refractivity contribution >= 4 is 28.5 Å². The summed E-state index contributed by atoms with van der Waals surface area (Å²) in [6, 6.07) is 10.1. The normalized spacial score (nSPS) is 17.9. The highest BCUT2D eigenvalue weighted by Crippen LogP contribution is 2.25. The number of carbonyl (C=O) groups excluding carboxylic acids is 2. The summed E-state index contributed by atoms with van der Waals surface area (Å²) >= 11 is 0. The topological polar surface area (TPSA) is 77.6 Å². The Morgan fingerprint density at radius 1 is 1.08 bits per heavy atom. The molecule has 0 bridgehead atoms. The number of benzene rings is 1. The Morgan fingerprint density at radius 3 is 2.62 bits per heavy atom. The predicted octanol–water partition coefficient (Wildman–Crippen LogP) is 1.34. The van der Waals surface area contributed by atoms with Crippen molar-refractivity contribution in [1.29, 1.82) is 0 Å². The number of urea groups is 1. The molecule has 0 spiro atoms. The molecule has 2 fully saturated rings. The van der Waals surface area contributed by atoms with Gasteiger partial charge in [0.1, 0.15) is 0 Å². The van der Waals surface area contributed by atoms with Gasteiger partial charge in [-0.05, 0) is 25.0 Å². The van der Waals surface area contributed by atoms with Gasteiger partial charge in [0.15, 0.2) is 0 Å². The summed E-state index contributed by atoms with van der Waals surface area (Å²) in [5.41, 5.74) is 2.18. The van der Waals surface area contributed by atoms with E-state index in [2.05, 4.69) is 31.5 Å². The second-order valence-electron chi connectivity index (χ2n) is 6.91. The molecule has 26 heavy (non-hydrogen) atoms. The van der Waals surface area contributed by atoms with Crippen LogP contribution in [0.4, 0.5) is 10.5 Å².